The number of carbonyl (C=O) groups excluding carboxylic acids is 2. The molecule has 0 spiro atoms. The zero-order valence-electron chi connectivity index (χ0n) is 13.9. The number of aryl methyl sites for hydroxylation is 1. The lowest BCUT2D eigenvalue weighted by Crippen LogP contribution is -2.12. The van der Waals surface area contributed by atoms with Gasteiger partial charge in [0.05, 0.1) is 10.2 Å². The van der Waals surface area contributed by atoms with Crippen molar-refractivity contribution in [3.63, 3.8) is 0 Å². The Hall–Kier alpha value is -3.25. The number of amides is 1. The predicted octanol–water partition coefficient (Wildman–Crippen LogP) is 4.66. The number of fused-ring (bicyclic) bond motifs is 1. The molecule has 2 aromatic carbocycles. The van der Waals surface area contributed by atoms with Gasteiger partial charge in [0, 0.05) is 23.0 Å². The standard InChI is InChI=1S/C20H15N3O2S/c1-12-2-7-16-18(8-12)26-20(23-16)14-3-5-15(6-4-14)22-19(25)17-9-13(11-24)10-21-17/h2-11,21H,1H3,(H,22,25). The zero-order chi connectivity index (χ0) is 18.1. The van der Waals surface area contributed by atoms with Crippen molar-refractivity contribution in [2.45, 2.75) is 6.92 Å². The first kappa shape index (κ1) is 16.2. The summed E-state index contributed by atoms with van der Waals surface area (Å²) in [6.07, 6.45) is 2.20. The topological polar surface area (TPSA) is 74.8 Å². The number of aromatic amines is 1. The van der Waals surface area contributed by atoms with Crippen LogP contribution in [0.4, 0.5) is 5.69 Å². The molecule has 0 radical (unpaired) electrons. The average Bonchev–Trinajstić information content (AvgIpc) is 3.28. The Bertz CT molecular complexity index is 1110. The van der Waals surface area contributed by atoms with Gasteiger partial charge in [-0.15, -0.1) is 11.3 Å². The first-order valence-corrected chi connectivity index (χ1v) is 8.86. The van der Waals surface area contributed by atoms with Crippen LogP contribution in [-0.2, 0) is 0 Å². The third-order valence-electron chi connectivity index (χ3n) is 4.02. The number of nitrogens with one attached hydrogen (secondary N) is 2. The average molecular weight is 361 g/mol. The van der Waals surface area contributed by atoms with Crippen molar-refractivity contribution in [3.8, 4) is 10.6 Å². The molecule has 2 N–H and O–H groups in total. The van der Waals surface area contributed by atoms with E-state index in [9.17, 15) is 9.59 Å². The number of nitrogens with zero attached hydrogens (tertiary/aromatic N) is 1. The molecular weight excluding hydrogens is 346 g/mol. The molecule has 0 aliphatic heterocycles. The SMILES string of the molecule is Cc1ccc2nc(-c3ccc(NC(=O)c4cc(C=O)c[nH]4)cc3)sc2c1. The summed E-state index contributed by atoms with van der Waals surface area (Å²) >= 11 is 1.65. The first-order chi connectivity index (χ1) is 12.6. The molecule has 0 saturated carbocycles. The van der Waals surface area contributed by atoms with Gasteiger partial charge in [-0.2, -0.15) is 0 Å². The molecule has 0 aliphatic rings. The van der Waals surface area contributed by atoms with E-state index in [0.717, 1.165) is 20.8 Å². The second-order valence-corrected chi connectivity index (χ2v) is 7.02. The van der Waals surface area contributed by atoms with E-state index in [1.165, 1.54) is 17.8 Å². The second kappa shape index (κ2) is 6.57. The third-order valence-corrected chi connectivity index (χ3v) is 5.09. The van der Waals surface area contributed by atoms with Gasteiger partial charge in [0.2, 0.25) is 0 Å². The highest BCUT2D eigenvalue weighted by Gasteiger charge is 2.10. The Labute approximate surface area is 153 Å². The molecule has 4 rings (SSSR count). The summed E-state index contributed by atoms with van der Waals surface area (Å²) in [6, 6.07) is 15.3. The molecule has 5 nitrogen and oxygen atoms in total. The molecule has 26 heavy (non-hydrogen) atoms. The van der Waals surface area contributed by atoms with E-state index in [-0.39, 0.29) is 5.91 Å². The predicted molar refractivity (Wildman–Crippen MR) is 104 cm³/mol. The molecular formula is C20H15N3O2S. The van der Waals surface area contributed by atoms with E-state index in [0.29, 0.717) is 23.2 Å². The minimum Gasteiger partial charge on any atom is -0.356 e. The monoisotopic (exact) mass is 361 g/mol. The fourth-order valence-corrected chi connectivity index (χ4v) is 3.73. The number of H-pyrrole nitrogens is 1. The maximum Gasteiger partial charge on any atom is 0.272 e. The molecule has 2 aromatic heterocycles. The van der Waals surface area contributed by atoms with E-state index >= 15 is 0 Å². The highest BCUT2D eigenvalue weighted by atomic mass is 32.1. The van der Waals surface area contributed by atoms with Crippen LogP contribution < -0.4 is 5.32 Å². The quantitative estimate of drug-likeness (QED) is 0.519. The lowest BCUT2D eigenvalue weighted by atomic mass is 10.2. The van der Waals surface area contributed by atoms with Crippen LogP contribution in [0.2, 0.25) is 0 Å². The molecule has 0 fully saturated rings. The molecule has 128 valence electrons. The minimum atomic E-state index is -0.290. The number of thiazole rings is 1. The summed E-state index contributed by atoms with van der Waals surface area (Å²) in [6.45, 7) is 2.07. The maximum absolute atomic E-state index is 12.2. The molecule has 4 aromatic rings. The fourth-order valence-electron chi connectivity index (χ4n) is 2.66. The molecule has 2 heterocycles. The Morgan fingerprint density at radius 2 is 1.96 bits per heavy atom. The van der Waals surface area contributed by atoms with Crippen molar-refractivity contribution < 1.29 is 9.59 Å². The van der Waals surface area contributed by atoms with Crippen LogP contribution >= 0.6 is 11.3 Å². The van der Waals surface area contributed by atoms with E-state index in [4.69, 9.17) is 0 Å². The number of aldehydes is 1. The molecule has 0 bridgehead atoms. The van der Waals surface area contributed by atoms with E-state index < -0.39 is 0 Å². The molecule has 0 aliphatic carbocycles. The Balaban J connectivity index is 1.53. The van der Waals surface area contributed by atoms with Gasteiger partial charge in [0.15, 0.2) is 6.29 Å². The van der Waals surface area contributed by atoms with Crippen LogP contribution in [0.1, 0.15) is 26.4 Å². The van der Waals surface area contributed by atoms with Crippen LogP contribution in [0.15, 0.2) is 54.7 Å². The zero-order valence-corrected chi connectivity index (χ0v) is 14.8. The summed E-state index contributed by atoms with van der Waals surface area (Å²) in [4.78, 5) is 30.3. The number of carbonyl (C=O) groups is 2. The van der Waals surface area contributed by atoms with Gasteiger partial charge < -0.3 is 10.3 Å². The summed E-state index contributed by atoms with van der Waals surface area (Å²) in [7, 11) is 0. The minimum absolute atomic E-state index is 0.290. The van der Waals surface area contributed by atoms with Gasteiger partial charge in [-0.05, 0) is 55.0 Å². The number of hydrogen-bond donors (Lipinski definition) is 2. The van der Waals surface area contributed by atoms with Crippen LogP contribution in [-0.4, -0.2) is 22.2 Å². The van der Waals surface area contributed by atoms with Gasteiger partial charge in [0.1, 0.15) is 10.7 Å². The highest BCUT2D eigenvalue weighted by Crippen LogP contribution is 2.31. The van der Waals surface area contributed by atoms with Crippen molar-refractivity contribution in [3.05, 3.63) is 71.5 Å². The van der Waals surface area contributed by atoms with Gasteiger partial charge in [0.25, 0.3) is 5.91 Å². The number of rotatable bonds is 4. The largest absolute Gasteiger partial charge is 0.356 e. The van der Waals surface area contributed by atoms with Crippen LogP contribution in [0.3, 0.4) is 0 Å². The smallest absolute Gasteiger partial charge is 0.272 e. The summed E-state index contributed by atoms with van der Waals surface area (Å²) < 4.78 is 1.16. The summed E-state index contributed by atoms with van der Waals surface area (Å²) in [5, 5.41) is 3.75. The summed E-state index contributed by atoms with van der Waals surface area (Å²) in [5.74, 6) is -0.290. The van der Waals surface area contributed by atoms with Crippen LogP contribution in [0.5, 0.6) is 0 Å². The van der Waals surface area contributed by atoms with E-state index in [1.54, 1.807) is 11.3 Å². The van der Waals surface area contributed by atoms with Crippen molar-refractivity contribution >= 4 is 39.4 Å². The molecule has 1 amide bonds. The van der Waals surface area contributed by atoms with E-state index in [1.807, 2.05) is 30.3 Å². The second-order valence-electron chi connectivity index (χ2n) is 5.99. The van der Waals surface area contributed by atoms with Gasteiger partial charge in [-0.25, -0.2) is 4.98 Å². The Morgan fingerprint density at radius 3 is 2.69 bits per heavy atom. The lowest BCUT2D eigenvalue weighted by molar-refractivity contribution is 0.102. The van der Waals surface area contributed by atoms with Crippen LogP contribution in [0.25, 0.3) is 20.8 Å². The number of benzene rings is 2. The number of aromatic nitrogens is 2. The van der Waals surface area contributed by atoms with Crippen molar-refractivity contribution in [2.75, 3.05) is 5.32 Å². The normalized spacial score (nSPS) is 10.8. The van der Waals surface area contributed by atoms with Gasteiger partial charge >= 0.3 is 0 Å². The van der Waals surface area contributed by atoms with Crippen molar-refractivity contribution in [1.29, 1.82) is 0 Å². The highest BCUT2D eigenvalue weighted by molar-refractivity contribution is 7.21. The molecule has 0 saturated heterocycles. The molecule has 0 atom stereocenters. The third kappa shape index (κ3) is 3.14. The van der Waals surface area contributed by atoms with Gasteiger partial charge in [-0.1, -0.05) is 6.07 Å². The van der Waals surface area contributed by atoms with Gasteiger partial charge in [-0.3, -0.25) is 9.59 Å². The Kier molecular flexibility index (Phi) is 4.10. The van der Waals surface area contributed by atoms with Crippen molar-refractivity contribution in [1.82, 2.24) is 9.97 Å². The van der Waals surface area contributed by atoms with E-state index in [2.05, 4.69) is 34.3 Å². The molecule has 6 heteroatoms. The van der Waals surface area contributed by atoms with Crippen LogP contribution in [0, 0.1) is 6.92 Å². The Morgan fingerprint density at radius 1 is 1.15 bits per heavy atom. The number of anilines is 1. The first-order valence-electron chi connectivity index (χ1n) is 8.05. The fraction of sp³-hybridized carbons (Fsp3) is 0.0500. The maximum atomic E-state index is 12.2. The molecule has 0 unspecified atom stereocenters. The number of hydrogen-bond acceptors (Lipinski definition) is 4. The van der Waals surface area contributed by atoms with Crippen molar-refractivity contribution in [2.24, 2.45) is 0 Å². The lowest BCUT2D eigenvalue weighted by Gasteiger charge is -2.04. The summed E-state index contributed by atoms with van der Waals surface area (Å²) in [5.41, 5.74) is 4.68.